The van der Waals surface area contributed by atoms with Gasteiger partial charge in [-0.1, -0.05) is 27.4 Å². The van der Waals surface area contributed by atoms with Crippen LogP contribution in [0.4, 0.5) is 0 Å². The summed E-state index contributed by atoms with van der Waals surface area (Å²) in [6, 6.07) is 0. The van der Waals surface area contributed by atoms with Crippen molar-refractivity contribution in [2.75, 3.05) is 0 Å². The van der Waals surface area contributed by atoms with Crippen molar-refractivity contribution in [3.8, 4) is 0 Å². The molecule has 4 aliphatic rings. The van der Waals surface area contributed by atoms with Crippen molar-refractivity contribution in [1.29, 1.82) is 0 Å². The van der Waals surface area contributed by atoms with Crippen LogP contribution < -0.4 is 0 Å². The number of ether oxygens (including phenoxy) is 2. The van der Waals surface area contributed by atoms with E-state index in [4.69, 9.17) is 9.47 Å². The van der Waals surface area contributed by atoms with Crippen molar-refractivity contribution in [1.82, 2.24) is 0 Å². The van der Waals surface area contributed by atoms with Crippen molar-refractivity contribution in [2.24, 2.45) is 34.0 Å². The van der Waals surface area contributed by atoms with Gasteiger partial charge in [-0.25, -0.2) is 0 Å². The molecule has 10 atom stereocenters. The van der Waals surface area contributed by atoms with Crippen molar-refractivity contribution in [2.45, 2.75) is 90.8 Å². The molecule has 7 heteroatoms. The van der Waals surface area contributed by atoms with Crippen molar-refractivity contribution in [3.05, 3.63) is 12.2 Å². The van der Waals surface area contributed by atoms with Gasteiger partial charge in [0.1, 0.15) is 12.2 Å². The number of hydrogen-bond donors (Lipinski definition) is 3. The second-order valence-corrected chi connectivity index (χ2v) is 11.2. The molecule has 3 N–H and O–H groups in total. The Morgan fingerprint density at radius 1 is 0.968 bits per heavy atom. The number of rotatable bonds is 2. The van der Waals surface area contributed by atoms with E-state index in [0.29, 0.717) is 24.8 Å². The van der Waals surface area contributed by atoms with Gasteiger partial charge in [0.2, 0.25) is 0 Å². The molecule has 0 unspecified atom stereocenters. The zero-order chi connectivity index (χ0) is 23.1. The minimum absolute atomic E-state index is 0.0398. The maximum absolute atomic E-state index is 12.1. The van der Waals surface area contributed by atoms with Crippen LogP contribution in [-0.2, 0) is 19.1 Å². The summed E-state index contributed by atoms with van der Waals surface area (Å²) < 4.78 is 11.5. The molecule has 2 bridgehead atoms. The van der Waals surface area contributed by atoms with E-state index in [9.17, 15) is 24.9 Å². The third kappa shape index (κ3) is 2.89. The quantitative estimate of drug-likeness (QED) is 0.448. The van der Waals surface area contributed by atoms with Gasteiger partial charge >= 0.3 is 11.9 Å². The molecule has 0 aliphatic heterocycles. The van der Waals surface area contributed by atoms with Gasteiger partial charge in [-0.3, -0.25) is 9.59 Å². The average molecular weight is 437 g/mol. The monoisotopic (exact) mass is 436 g/mol. The molecule has 4 fully saturated rings. The Labute approximate surface area is 183 Å². The van der Waals surface area contributed by atoms with Gasteiger partial charge < -0.3 is 24.8 Å². The first kappa shape index (κ1) is 22.7. The van der Waals surface area contributed by atoms with E-state index in [2.05, 4.69) is 6.58 Å². The molecule has 0 amide bonds. The minimum Gasteiger partial charge on any atom is -0.462 e. The standard InChI is InChI=1S/C24H36O7/c1-11-14-7-15(27)20-23(6)16(22(4,5)18(9-17(23)28)30-12(2)25)8-19(31-13(3)26)24(20,10-14)21(11)29/h14-21,27-29H,1,7-10H2,2-6H3/t14-,15+,16-,17+,18+,19+,20+,21-,23+,24+/m1/s1. The Bertz CT molecular complexity index is 806. The topological polar surface area (TPSA) is 113 Å². The van der Waals surface area contributed by atoms with Crippen LogP contribution in [0.3, 0.4) is 0 Å². The Kier molecular flexibility index (Phi) is 5.16. The summed E-state index contributed by atoms with van der Waals surface area (Å²) >= 11 is 0. The first-order valence-electron chi connectivity index (χ1n) is 11.3. The number of aliphatic hydroxyl groups is 3. The van der Waals surface area contributed by atoms with E-state index in [1.807, 2.05) is 20.8 Å². The molecular formula is C24H36O7. The Balaban J connectivity index is 1.88. The molecule has 0 aromatic carbocycles. The van der Waals surface area contributed by atoms with E-state index < -0.39 is 64.6 Å². The number of fused-ring (bicyclic) bond motifs is 3. The molecule has 0 heterocycles. The number of carbonyl (C=O) groups is 2. The zero-order valence-electron chi connectivity index (χ0n) is 19.1. The third-order valence-electron chi connectivity index (χ3n) is 9.44. The predicted octanol–water partition coefficient (Wildman–Crippen LogP) is 1.97. The first-order valence-corrected chi connectivity index (χ1v) is 11.3. The van der Waals surface area contributed by atoms with Crippen LogP contribution in [0.15, 0.2) is 12.2 Å². The molecule has 4 rings (SSSR count). The molecular weight excluding hydrogens is 400 g/mol. The Hall–Kier alpha value is -1.44. The number of hydrogen-bond acceptors (Lipinski definition) is 7. The summed E-state index contributed by atoms with van der Waals surface area (Å²) in [5, 5.41) is 34.2. The zero-order valence-corrected chi connectivity index (χ0v) is 19.1. The van der Waals surface area contributed by atoms with Gasteiger partial charge in [-0.05, 0) is 36.7 Å². The lowest BCUT2D eigenvalue weighted by Crippen LogP contribution is -2.72. The van der Waals surface area contributed by atoms with Gasteiger partial charge in [-0.2, -0.15) is 0 Å². The fourth-order valence-corrected chi connectivity index (χ4v) is 8.25. The normalized spacial score (nSPS) is 50.3. The van der Waals surface area contributed by atoms with Gasteiger partial charge in [0.15, 0.2) is 0 Å². The van der Waals surface area contributed by atoms with Crippen molar-refractivity contribution in [3.63, 3.8) is 0 Å². The molecule has 4 aliphatic carbocycles. The highest BCUT2D eigenvalue weighted by molar-refractivity contribution is 5.66. The lowest BCUT2D eigenvalue weighted by atomic mass is 9.38. The van der Waals surface area contributed by atoms with Crippen LogP contribution in [0.5, 0.6) is 0 Å². The van der Waals surface area contributed by atoms with E-state index in [1.165, 1.54) is 13.8 Å². The second kappa shape index (κ2) is 7.03. The van der Waals surface area contributed by atoms with E-state index >= 15 is 0 Å². The lowest BCUT2D eigenvalue weighted by Gasteiger charge is -2.68. The van der Waals surface area contributed by atoms with Gasteiger partial charge in [0.25, 0.3) is 0 Å². The van der Waals surface area contributed by atoms with E-state index in [0.717, 1.165) is 0 Å². The Morgan fingerprint density at radius 3 is 2.13 bits per heavy atom. The minimum atomic E-state index is -0.914. The molecule has 31 heavy (non-hydrogen) atoms. The second-order valence-electron chi connectivity index (χ2n) is 11.2. The van der Waals surface area contributed by atoms with Gasteiger partial charge in [0.05, 0.1) is 18.3 Å². The van der Waals surface area contributed by atoms with Crippen LogP contribution in [-0.4, -0.2) is 57.8 Å². The molecule has 0 aromatic rings. The van der Waals surface area contributed by atoms with E-state index in [1.54, 1.807) is 0 Å². The summed E-state index contributed by atoms with van der Waals surface area (Å²) in [7, 11) is 0. The highest BCUT2D eigenvalue weighted by atomic mass is 16.5. The van der Waals surface area contributed by atoms with Crippen LogP contribution in [0.2, 0.25) is 0 Å². The lowest BCUT2D eigenvalue weighted by molar-refractivity contribution is -0.291. The summed E-state index contributed by atoms with van der Waals surface area (Å²) in [4.78, 5) is 23.9. The smallest absolute Gasteiger partial charge is 0.302 e. The number of aliphatic hydroxyl groups excluding tert-OH is 3. The largest absolute Gasteiger partial charge is 0.462 e. The maximum atomic E-state index is 12.1. The summed E-state index contributed by atoms with van der Waals surface area (Å²) in [6.07, 6.45) is -1.92. The van der Waals surface area contributed by atoms with Gasteiger partial charge in [-0.15, -0.1) is 0 Å². The van der Waals surface area contributed by atoms with E-state index in [-0.39, 0.29) is 18.3 Å². The highest BCUT2D eigenvalue weighted by Crippen LogP contribution is 2.72. The SMILES string of the molecule is C=C1[C@@H]2C[C@H](O)[C@H]3[C@@]4(C)[C@H](C[C@H](OC(C)=O)[C@]3(C2)[C@@H]1O)C(C)(C)[C@@H](OC(C)=O)C[C@@H]4O. The highest BCUT2D eigenvalue weighted by Gasteiger charge is 2.75. The van der Waals surface area contributed by atoms with Crippen LogP contribution in [0.25, 0.3) is 0 Å². The average Bonchev–Trinajstić information content (AvgIpc) is 2.83. The number of esters is 2. The Morgan fingerprint density at radius 2 is 1.55 bits per heavy atom. The third-order valence-corrected chi connectivity index (χ3v) is 9.44. The first-order chi connectivity index (χ1) is 14.3. The molecule has 4 saturated carbocycles. The van der Waals surface area contributed by atoms with Crippen LogP contribution in [0.1, 0.15) is 60.3 Å². The molecule has 1 spiro atoms. The summed E-state index contributed by atoms with van der Waals surface area (Å²) in [6.45, 7) is 12.8. The molecule has 0 saturated heterocycles. The molecule has 174 valence electrons. The summed E-state index contributed by atoms with van der Waals surface area (Å²) in [5.74, 6) is -1.57. The fourth-order valence-electron chi connectivity index (χ4n) is 8.25. The van der Waals surface area contributed by atoms with Crippen LogP contribution in [0, 0.1) is 34.0 Å². The number of carbonyl (C=O) groups excluding carboxylic acids is 2. The molecule has 0 aromatic heterocycles. The maximum Gasteiger partial charge on any atom is 0.302 e. The van der Waals surface area contributed by atoms with Gasteiger partial charge in [0, 0.05) is 42.4 Å². The molecule has 7 nitrogen and oxygen atoms in total. The summed E-state index contributed by atoms with van der Waals surface area (Å²) in [5.41, 5.74) is -1.49. The fraction of sp³-hybridized carbons (Fsp3) is 0.833. The predicted molar refractivity (Wildman–Crippen MR) is 112 cm³/mol. The van der Waals surface area contributed by atoms with Crippen LogP contribution >= 0.6 is 0 Å². The van der Waals surface area contributed by atoms with Crippen molar-refractivity contribution >= 4 is 11.9 Å². The molecule has 0 radical (unpaired) electrons. The van der Waals surface area contributed by atoms with Crippen molar-refractivity contribution < 1.29 is 34.4 Å².